The molecule has 0 radical (unpaired) electrons. The van der Waals surface area contributed by atoms with E-state index in [9.17, 15) is 14.7 Å². The van der Waals surface area contributed by atoms with Gasteiger partial charge in [0.05, 0.1) is 19.2 Å². The molecule has 4 rings (SSSR count). The van der Waals surface area contributed by atoms with E-state index in [2.05, 4.69) is 15.5 Å². The number of hydrogen-bond donors (Lipinski definition) is 2. The van der Waals surface area contributed by atoms with E-state index in [1.807, 2.05) is 24.3 Å². The molecule has 0 aliphatic carbocycles. The number of fused-ring (bicyclic) bond motifs is 1. The Hall–Kier alpha value is -4.40. The summed E-state index contributed by atoms with van der Waals surface area (Å²) in [6, 6.07) is 17.4. The summed E-state index contributed by atoms with van der Waals surface area (Å²) in [6.45, 7) is -0.299. The molecule has 0 unspecified atom stereocenters. The lowest BCUT2D eigenvalue weighted by Crippen LogP contribution is -2.15. The van der Waals surface area contributed by atoms with Crippen molar-refractivity contribution in [3.8, 4) is 11.5 Å². The topological polar surface area (TPSA) is 124 Å². The molecule has 2 N–H and O–H groups in total. The highest BCUT2D eigenvalue weighted by atomic mass is 16.6. The molecule has 0 aliphatic heterocycles. The summed E-state index contributed by atoms with van der Waals surface area (Å²) in [5, 5.41) is 18.2. The van der Waals surface area contributed by atoms with Gasteiger partial charge in [0.15, 0.2) is 12.4 Å². The number of ether oxygens (including phenoxy) is 2. The number of benzene rings is 3. The van der Waals surface area contributed by atoms with Crippen LogP contribution < -0.4 is 10.1 Å². The van der Waals surface area contributed by atoms with E-state index in [4.69, 9.17) is 14.0 Å². The van der Waals surface area contributed by atoms with E-state index in [1.54, 1.807) is 30.3 Å². The van der Waals surface area contributed by atoms with Gasteiger partial charge in [0.2, 0.25) is 5.91 Å². The van der Waals surface area contributed by atoms with Crippen LogP contribution in [-0.2, 0) is 22.6 Å². The van der Waals surface area contributed by atoms with Crippen molar-refractivity contribution in [3.63, 3.8) is 0 Å². The van der Waals surface area contributed by atoms with Crippen LogP contribution in [-0.4, -0.2) is 34.2 Å². The van der Waals surface area contributed by atoms with E-state index < -0.39 is 5.97 Å². The summed E-state index contributed by atoms with van der Waals surface area (Å²) in [5.41, 5.74) is 0.549. The molecule has 0 aliphatic rings. The average Bonchev–Trinajstić information content (AvgIpc) is 3.24. The Balaban J connectivity index is 1.36. The van der Waals surface area contributed by atoms with E-state index >= 15 is 0 Å². The van der Waals surface area contributed by atoms with Crippen molar-refractivity contribution >= 4 is 28.3 Å². The number of para-hydroxylation sites is 2. The Morgan fingerprint density at radius 3 is 2.56 bits per heavy atom. The highest BCUT2D eigenvalue weighted by molar-refractivity contribution is 5.98. The number of aromatic nitrogens is 2. The molecule has 0 saturated carbocycles. The predicted octanol–water partition coefficient (Wildman–Crippen LogP) is 3.48. The molecule has 3 aromatic carbocycles. The molecule has 1 amide bonds. The van der Waals surface area contributed by atoms with Crippen molar-refractivity contribution < 1.29 is 28.7 Å². The van der Waals surface area contributed by atoms with Crippen LogP contribution in [0.15, 0.2) is 65.2 Å². The van der Waals surface area contributed by atoms with Crippen molar-refractivity contribution in [3.05, 3.63) is 77.9 Å². The number of rotatable bonds is 7. The van der Waals surface area contributed by atoms with E-state index in [1.165, 1.54) is 13.2 Å². The number of aromatic hydroxyl groups is 1. The molecule has 0 fully saturated rings. The summed E-state index contributed by atoms with van der Waals surface area (Å²) in [4.78, 5) is 28.7. The quantitative estimate of drug-likeness (QED) is 0.425. The predicted molar refractivity (Wildman–Crippen MR) is 114 cm³/mol. The SMILES string of the molecule is COc1ccccc1NC(=O)Cc1noc(COC(=O)c2cc3ccccc3cc2O)n1. The minimum atomic E-state index is -0.734. The number of anilines is 1. The fraction of sp³-hybridized carbons (Fsp3) is 0.130. The fourth-order valence-electron chi connectivity index (χ4n) is 3.10. The van der Waals surface area contributed by atoms with Crippen LogP contribution in [0.4, 0.5) is 5.69 Å². The lowest BCUT2D eigenvalue weighted by atomic mass is 10.1. The number of amides is 1. The van der Waals surface area contributed by atoms with Crippen LogP contribution in [0, 0.1) is 0 Å². The molecular weight excluding hydrogens is 414 g/mol. The molecule has 4 aromatic rings. The molecule has 0 spiro atoms. The summed E-state index contributed by atoms with van der Waals surface area (Å²) < 4.78 is 15.4. The van der Waals surface area contributed by atoms with Gasteiger partial charge in [-0.2, -0.15) is 4.98 Å². The number of phenols is 1. The number of methoxy groups -OCH3 is 1. The maximum atomic E-state index is 12.4. The summed E-state index contributed by atoms with van der Waals surface area (Å²) in [5.74, 6) is -0.594. The first-order valence-electron chi connectivity index (χ1n) is 9.66. The van der Waals surface area contributed by atoms with Gasteiger partial charge < -0.3 is 24.4 Å². The zero-order valence-electron chi connectivity index (χ0n) is 17.1. The third-order valence-electron chi connectivity index (χ3n) is 4.62. The van der Waals surface area contributed by atoms with Crippen molar-refractivity contribution in [1.82, 2.24) is 10.1 Å². The molecule has 0 bridgehead atoms. The minimum Gasteiger partial charge on any atom is -0.507 e. The van der Waals surface area contributed by atoms with Gasteiger partial charge in [0.25, 0.3) is 5.89 Å². The second kappa shape index (κ2) is 9.17. The van der Waals surface area contributed by atoms with Crippen molar-refractivity contribution in [2.75, 3.05) is 12.4 Å². The lowest BCUT2D eigenvalue weighted by molar-refractivity contribution is -0.115. The number of carbonyl (C=O) groups excluding carboxylic acids is 2. The first kappa shape index (κ1) is 20.9. The van der Waals surface area contributed by atoms with E-state index in [-0.39, 0.29) is 42.0 Å². The Morgan fingerprint density at radius 1 is 1.06 bits per heavy atom. The molecule has 162 valence electrons. The van der Waals surface area contributed by atoms with E-state index in [0.717, 1.165) is 10.8 Å². The van der Waals surface area contributed by atoms with Crippen molar-refractivity contribution in [2.24, 2.45) is 0 Å². The number of nitrogens with one attached hydrogen (secondary N) is 1. The Morgan fingerprint density at radius 2 is 1.78 bits per heavy atom. The Labute approximate surface area is 182 Å². The van der Waals surface area contributed by atoms with Crippen LogP contribution in [0.25, 0.3) is 10.8 Å². The highest BCUT2D eigenvalue weighted by Crippen LogP contribution is 2.26. The summed E-state index contributed by atoms with van der Waals surface area (Å²) >= 11 is 0. The summed E-state index contributed by atoms with van der Waals surface area (Å²) in [6.07, 6.45) is -0.138. The van der Waals surface area contributed by atoms with Gasteiger partial charge in [-0.3, -0.25) is 4.79 Å². The van der Waals surface area contributed by atoms with Crippen LogP contribution in [0.1, 0.15) is 22.1 Å². The van der Waals surface area contributed by atoms with Crippen LogP contribution in [0.3, 0.4) is 0 Å². The zero-order valence-corrected chi connectivity index (χ0v) is 17.1. The maximum absolute atomic E-state index is 12.4. The Bertz CT molecular complexity index is 1280. The fourth-order valence-corrected chi connectivity index (χ4v) is 3.10. The minimum absolute atomic E-state index is 0.0266. The summed E-state index contributed by atoms with van der Waals surface area (Å²) in [7, 11) is 1.51. The standard InChI is InChI=1S/C23H19N3O6/c1-30-19-9-5-4-8-17(19)24-21(28)12-20-25-22(32-26-20)13-31-23(29)16-10-14-6-2-3-7-15(14)11-18(16)27/h2-11,27H,12-13H2,1H3,(H,24,28). The van der Waals surface area contributed by atoms with Crippen LogP contribution >= 0.6 is 0 Å². The maximum Gasteiger partial charge on any atom is 0.342 e. The molecule has 0 saturated heterocycles. The second-order valence-corrected chi connectivity index (χ2v) is 6.82. The first-order chi connectivity index (χ1) is 15.5. The number of carbonyl (C=O) groups is 2. The van der Waals surface area contributed by atoms with Gasteiger partial charge in [-0.25, -0.2) is 4.79 Å². The molecule has 9 heteroatoms. The number of nitrogens with zero attached hydrogens (tertiary/aromatic N) is 2. The molecule has 1 heterocycles. The third-order valence-corrected chi connectivity index (χ3v) is 4.62. The smallest absolute Gasteiger partial charge is 0.342 e. The average molecular weight is 433 g/mol. The molecule has 32 heavy (non-hydrogen) atoms. The van der Waals surface area contributed by atoms with Crippen molar-refractivity contribution in [2.45, 2.75) is 13.0 Å². The van der Waals surface area contributed by atoms with E-state index in [0.29, 0.717) is 11.4 Å². The Kier molecular flexibility index (Phi) is 5.98. The number of phenolic OH excluding ortho intramolecular Hbond substituents is 1. The van der Waals surface area contributed by atoms with Gasteiger partial charge in [-0.05, 0) is 35.0 Å². The third kappa shape index (κ3) is 4.67. The number of esters is 1. The zero-order chi connectivity index (χ0) is 22.5. The van der Waals surface area contributed by atoms with Gasteiger partial charge in [-0.1, -0.05) is 41.6 Å². The molecule has 9 nitrogen and oxygen atoms in total. The van der Waals surface area contributed by atoms with Crippen LogP contribution in [0.2, 0.25) is 0 Å². The first-order valence-corrected chi connectivity index (χ1v) is 9.66. The van der Waals surface area contributed by atoms with Gasteiger partial charge >= 0.3 is 5.97 Å². The normalized spacial score (nSPS) is 10.7. The van der Waals surface area contributed by atoms with Crippen LogP contribution in [0.5, 0.6) is 11.5 Å². The molecule has 1 aromatic heterocycles. The molecular formula is C23H19N3O6. The van der Waals surface area contributed by atoms with Gasteiger partial charge in [0.1, 0.15) is 17.1 Å². The second-order valence-electron chi connectivity index (χ2n) is 6.82. The van der Waals surface area contributed by atoms with Gasteiger partial charge in [-0.15, -0.1) is 0 Å². The van der Waals surface area contributed by atoms with Gasteiger partial charge in [0, 0.05) is 0 Å². The monoisotopic (exact) mass is 433 g/mol. The number of hydrogen-bond acceptors (Lipinski definition) is 8. The molecule has 0 atom stereocenters. The highest BCUT2D eigenvalue weighted by Gasteiger charge is 2.17. The largest absolute Gasteiger partial charge is 0.507 e. The van der Waals surface area contributed by atoms with Crippen molar-refractivity contribution in [1.29, 1.82) is 0 Å². The lowest BCUT2D eigenvalue weighted by Gasteiger charge is -2.08.